The Morgan fingerprint density at radius 1 is 1.39 bits per heavy atom. The largest absolute Gasteiger partial charge is 0.484 e. The monoisotopic (exact) mass is 252 g/mol. The summed E-state index contributed by atoms with van der Waals surface area (Å²) in [6.45, 7) is -0.225. The van der Waals surface area contributed by atoms with Crippen molar-refractivity contribution < 1.29 is 19.4 Å². The van der Waals surface area contributed by atoms with Gasteiger partial charge in [0.2, 0.25) is 5.91 Å². The molecule has 0 atom stereocenters. The van der Waals surface area contributed by atoms with E-state index in [0.29, 0.717) is 17.9 Å². The third-order valence-corrected chi connectivity index (χ3v) is 2.06. The smallest absolute Gasteiger partial charge is 0.255 e. The van der Waals surface area contributed by atoms with Crippen LogP contribution in [0.2, 0.25) is 0 Å². The van der Waals surface area contributed by atoms with Crippen molar-refractivity contribution in [3.8, 4) is 5.75 Å². The van der Waals surface area contributed by atoms with Crippen molar-refractivity contribution in [2.45, 2.75) is 12.8 Å². The van der Waals surface area contributed by atoms with E-state index >= 15 is 0 Å². The summed E-state index contributed by atoms with van der Waals surface area (Å²) in [5, 5.41) is 11.3. The maximum absolute atomic E-state index is 11.4. The fourth-order valence-corrected chi connectivity index (χ4v) is 1.28. The molecule has 0 aliphatic rings. The van der Waals surface area contributed by atoms with E-state index in [1.807, 2.05) is 0 Å². The first-order chi connectivity index (χ1) is 8.61. The molecule has 1 rings (SSSR count). The van der Waals surface area contributed by atoms with Gasteiger partial charge in [-0.25, -0.2) is 0 Å². The summed E-state index contributed by atoms with van der Waals surface area (Å²) in [4.78, 5) is 22.0. The lowest BCUT2D eigenvalue weighted by Crippen LogP contribution is -2.20. The highest BCUT2D eigenvalue weighted by atomic mass is 16.5. The summed E-state index contributed by atoms with van der Waals surface area (Å²) in [6.07, 6.45) is 0.673. The number of hydrogen-bond acceptors (Lipinski definition) is 4. The number of aliphatic hydroxyl groups is 1. The van der Waals surface area contributed by atoms with Gasteiger partial charge in [-0.2, -0.15) is 0 Å². The Balaban J connectivity index is 2.53. The standard InChI is InChI=1S/C12H16N2O4/c13-11(16)8-18-10-4-1-3-9(7-10)14-12(17)5-2-6-15/h1,3-4,7,15H,2,5-6,8H2,(H2,13,16)(H,14,17). The molecule has 0 aliphatic carbocycles. The number of primary amides is 1. The predicted molar refractivity (Wildman–Crippen MR) is 66.1 cm³/mol. The predicted octanol–water partition coefficient (Wildman–Crippen LogP) is 0.262. The van der Waals surface area contributed by atoms with Crippen LogP contribution in [0.1, 0.15) is 12.8 Å². The second kappa shape index (κ2) is 7.29. The molecule has 6 nitrogen and oxygen atoms in total. The highest BCUT2D eigenvalue weighted by molar-refractivity contribution is 5.90. The number of ether oxygens (including phenoxy) is 1. The Morgan fingerprint density at radius 2 is 2.17 bits per heavy atom. The fraction of sp³-hybridized carbons (Fsp3) is 0.333. The third kappa shape index (κ3) is 5.31. The number of carbonyl (C=O) groups is 2. The lowest BCUT2D eigenvalue weighted by atomic mass is 10.2. The van der Waals surface area contributed by atoms with Crippen molar-refractivity contribution in [1.29, 1.82) is 0 Å². The average Bonchev–Trinajstić information content (AvgIpc) is 2.34. The molecule has 98 valence electrons. The molecule has 2 amide bonds. The van der Waals surface area contributed by atoms with Crippen LogP contribution in [0.3, 0.4) is 0 Å². The molecule has 0 saturated heterocycles. The molecule has 1 aromatic rings. The SMILES string of the molecule is NC(=O)COc1cccc(NC(=O)CCCO)c1. The highest BCUT2D eigenvalue weighted by Gasteiger charge is 2.03. The van der Waals surface area contributed by atoms with E-state index in [9.17, 15) is 9.59 Å². The first-order valence-electron chi connectivity index (χ1n) is 5.53. The van der Waals surface area contributed by atoms with E-state index in [1.54, 1.807) is 24.3 Å². The first kappa shape index (κ1) is 14.0. The summed E-state index contributed by atoms with van der Waals surface area (Å²) in [7, 11) is 0. The van der Waals surface area contributed by atoms with Gasteiger partial charge in [0, 0.05) is 24.8 Å². The van der Waals surface area contributed by atoms with Gasteiger partial charge in [-0.05, 0) is 18.6 Å². The minimum absolute atomic E-state index is 0.0187. The number of nitrogens with two attached hydrogens (primary N) is 1. The zero-order valence-corrected chi connectivity index (χ0v) is 9.89. The summed E-state index contributed by atoms with van der Waals surface area (Å²) >= 11 is 0. The lowest BCUT2D eigenvalue weighted by molar-refractivity contribution is -0.120. The molecule has 0 radical (unpaired) electrons. The van der Waals surface area contributed by atoms with E-state index < -0.39 is 5.91 Å². The van der Waals surface area contributed by atoms with Gasteiger partial charge >= 0.3 is 0 Å². The number of carbonyl (C=O) groups excluding carboxylic acids is 2. The molecule has 0 bridgehead atoms. The number of aliphatic hydroxyl groups excluding tert-OH is 1. The maximum Gasteiger partial charge on any atom is 0.255 e. The van der Waals surface area contributed by atoms with Crippen LogP contribution < -0.4 is 15.8 Å². The molecule has 4 N–H and O–H groups in total. The number of anilines is 1. The quantitative estimate of drug-likeness (QED) is 0.647. The Hall–Kier alpha value is -2.08. The third-order valence-electron chi connectivity index (χ3n) is 2.06. The first-order valence-corrected chi connectivity index (χ1v) is 5.53. The van der Waals surface area contributed by atoms with Gasteiger partial charge in [-0.3, -0.25) is 9.59 Å². The molecule has 0 fully saturated rings. The Kier molecular flexibility index (Phi) is 5.66. The van der Waals surface area contributed by atoms with Gasteiger partial charge in [0.1, 0.15) is 5.75 Å². The maximum atomic E-state index is 11.4. The van der Waals surface area contributed by atoms with Gasteiger partial charge in [-0.15, -0.1) is 0 Å². The number of hydrogen-bond donors (Lipinski definition) is 3. The zero-order chi connectivity index (χ0) is 13.4. The van der Waals surface area contributed by atoms with Crippen LogP contribution in [-0.4, -0.2) is 30.1 Å². The van der Waals surface area contributed by atoms with Crippen LogP contribution in [-0.2, 0) is 9.59 Å². The number of amides is 2. The van der Waals surface area contributed by atoms with Gasteiger partial charge in [0.05, 0.1) is 0 Å². The molecule has 0 spiro atoms. The van der Waals surface area contributed by atoms with Crippen LogP contribution in [0.5, 0.6) is 5.75 Å². The van der Waals surface area contributed by atoms with E-state index in [0.717, 1.165) is 0 Å². The van der Waals surface area contributed by atoms with Crippen molar-refractivity contribution in [3.05, 3.63) is 24.3 Å². The summed E-state index contributed by atoms with van der Waals surface area (Å²) in [6, 6.07) is 6.65. The zero-order valence-electron chi connectivity index (χ0n) is 9.89. The van der Waals surface area contributed by atoms with E-state index in [2.05, 4.69) is 5.32 Å². The molecule has 0 heterocycles. The van der Waals surface area contributed by atoms with E-state index in [1.165, 1.54) is 0 Å². The van der Waals surface area contributed by atoms with E-state index in [4.69, 9.17) is 15.6 Å². The van der Waals surface area contributed by atoms with Crippen molar-refractivity contribution in [2.24, 2.45) is 5.73 Å². The number of rotatable bonds is 7. The van der Waals surface area contributed by atoms with Crippen LogP contribution in [0, 0.1) is 0 Å². The van der Waals surface area contributed by atoms with Gasteiger partial charge < -0.3 is 20.9 Å². The second-order valence-corrected chi connectivity index (χ2v) is 3.66. The minimum atomic E-state index is -0.563. The lowest BCUT2D eigenvalue weighted by Gasteiger charge is -2.07. The normalized spacial score (nSPS) is 9.83. The summed E-state index contributed by atoms with van der Waals surface area (Å²) in [5.41, 5.74) is 5.53. The fourth-order valence-electron chi connectivity index (χ4n) is 1.28. The van der Waals surface area contributed by atoms with Crippen LogP contribution in [0.4, 0.5) is 5.69 Å². The van der Waals surface area contributed by atoms with Gasteiger partial charge in [-0.1, -0.05) is 6.07 Å². The average molecular weight is 252 g/mol. The molecule has 6 heteroatoms. The Bertz CT molecular complexity index is 420. The number of benzene rings is 1. The molecule has 0 saturated carbocycles. The molecule has 0 aliphatic heterocycles. The second-order valence-electron chi connectivity index (χ2n) is 3.66. The minimum Gasteiger partial charge on any atom is -0.484 e. The van der Waals surface area contributed by atoms with Crippen molar-refractivity contribution in [3.63, 3.8) is 0 Å². The van der Waals surface area contributed by atoms with Crippen LogP contribution in [0.15, 0.2) is 24.3 Å². The van der Waals surface area contributed by atoms with Crippen molar-refractivity contribution in [1.82, 2.24) is 0 Å². The molecule has 0 aromatic heterocycles. The molecule has 0 unspecified atom stereocenters. The van der Waals surface area contributed by atoms with Crippen molar-refractivity contribution in [2.75, 3.05) is 18.5 Å². The highest BCUT2D eigenvalue weighted by Crippen LogP contribution is 2.17. The van der Waals surface area contributed by atoms with Crippen molar-refractivity contribution >= 4 is 17.5 Å². The van der Waals surface area contributed by atoms with Gasteiger partial charge in [0.25, 0.3) is 5.91 Å². The molecule has 18 heavy (non-hydrogen) atoms. The van der Waals surface area contributed by atoms with Crippen LogP contribution in [0.25, 0.3) is 0 Å². The topological polar surface area (TPSA) is 102 Å². The summed E-state index contributed by atoms with van der Waals surface area (Å²) in [5.74, 6) is -0.294. The molecule has 1 aromatic carbocycles. The molecular formula is C12H16N2O4. The summed E-state index contributed by atoms with van der Waals surface area (Å²) < 4.78 is 5.10. The number of nitrogens with one attached hydrogen (secondary N) is 1. The Morgan fingerprint density at radius 3 is 2.83 bits per heavy atom. The van der Waals surface area contributed by atoms with Crippen LogP contribution >= 0.6 is 0 Å². The van der Waals surface area contributed by atoms with E-state index in [-0.39, 0.29) is 25.5 Å². The Labute approximate surface area is 105 Å². The van der Waals surface area contributed by atoms with Gasteiger partial charge in [0.15, 0.2) is 6.61 Å². The molecular weight excluding hydrogens is 236 g/mol.